The van der Waals surface area contributed by atoms with Gasteiger partial charge < -0.3 is 4.52 Å². The van der Waals surface area contributed by atoms with Gasteiger partial charge in [0.05, 0.1) is 23.3 Å². The number of likely N-dealkylation sites (tertiary alicyclic amines) is 1. The van der Waals surface area contributed by atoms with Crippen LogP contribution in [0.2, 0.25) is 0 Å². The van der Waals surface area contributed by atoms with E-state index in [0.717, 1.165) is 30.5 Å². The summed E-state index contributed by atoms with van der Waals surface area (Å²) in [5, 5.41) is 8.14. The molecule has 0 amide bonds. The van der Waals surface area contributed by atoms with E-state index in [2.05, 4.69) is 36.1 Å². The van der Waals surface area contributed by atoms with Gasteiger partial charge in [-0.15, -0.1) is 0 Å². The highest BCUT2D eigenvalue weighted by molar-refractivity contribution is 9.10. The molecule has 0 radical (unpaired) electrons. The van der Waals surface area contributed by atoms with Gasteiger partial charge in [-0.05, 0) is 29.3 Å². The minimum Gasteiger partial charge on any atom is -0.338 e. The van der Waals surface area contributed by atoms with Gasteiger partial charge in [0, 0.05) is 19.3 Å². The molecule has 18 heavy (non-hydrogen) atoms. The van der Waals surface area contributed by atoms with Gasteiger partial charge in [0.2, 0.25) is 5.89 Å². The molecule has 0 aromatic carbocycles. The molecule has 6 nitrogen and oxygen atoms in total. The second-order valence-corrected chi connectivity index (χ2v) is 5.47. The van der Waals surface area contributed by atoms with Crippen molar-refractivity contribution < 1.29 is 4.52 Å². The van der Waals surface area contributed by atoms with Crippen LogP contribution in [-0.2, 0) is 6.54 Å². The molecule has 0 aliphatic carbocycles. The third-order valence-electron chi connectivity index (χ3n) is 3.12. The standard InChI is InChI=1S/C11H14BrN5O/c1-8-14-11(18-15-8)7-16-3-2-10(6-16)17-5-9(12)4-13-17/h4-5,10H,2-3,6-7H2,1H3. The molecule has 7 heteroatoms. The van der Waals surface area contributed by atoms with Crippen LogP contribution in [0.1, 0.15) is 24.2 Å². The monoisotopic (exact) mass is 311 g/mol. The predicted octanol–water partition coefficient (Wildman–Crippen LogP) is 1.78. The molecule has 1 saturated heterocycles. The van der Waals surface area contributed by atoms with E-state index in [9.17, 15) is 0 Å². The third-order valence-corrected chi connectivity index (χ3v) is 3.53. The number of hydrogen-bond donors (Lipinski definition) is 0. The Labute approximate surface area is 113 Å². The van der Waals surface area contributed by atoms with Crippen LogP contribution in [0.15, 0.2) is 21.4 Å². The van der Waals surface area contributed by atoms with Gasteiger partial charge in [0.25, 0.3) is 0 Å². The molecule has 96 valence electrons. The molecule has 1 aliphatic heterocycles. The summed E-state index contributed by atoms with van der Waals surface area (Å²) in [6.07, 6.45) is 4.94. The molecule has 2 aromatic rings. The molecule has 0 N–H and O–H groups in total. The highest BCUT2D eigenvalue weighted by Crippen LogP contribution is 2.23. The fraction of sp³-hybridized carbons (Fsp3) is 0.545. The second-order valence-electron chi connectivity index (χ2n) is 4.55. The lowest BCUT2D eigenvalue weighted by atomic mass is 10.3. The Hall–Kier alpha value is -1.21. The molecular formula is C11H14BrN5O. The largest absolute Gasteiger partial charge is 0.338 e. The van der Waals surface area contributed by atoms with E-state index in [1.165, 1.54) is 0 Å². The first-order valence-electron chi connectivity index (χ1n) is 5.92. The molecule has 1 aliphatic rings. The van der Waals surface area contributed by atoms with Crippen molar-refractivity contribution in [1.82, 2.24) is 24.8 Å². The summed E-state index contributed by atoms with van der Waals surface area (Å²) in [5.41, 5.74) is 0. The maximum Gasteiger partial charge on any atom is 0.240 e. The van der Waals surface area contributed by atoms with Crippen molar-refractivity contribution >= 4 is 15.9 Å². The number of rotatable bonds is 3. The van der Waals surface area contributed by atoms with Crippen molar-refractivity contribution in [2.24, 2.45) is 0 Å². The van der Waals surface area contributed by atoms with Crippen LogP contribution in [-0.4, -0.2) is 37.9 Å². The SMILES string of the molecule is Cc1noc(CN2CCC(n3cc(Br)cn3)C2)n1. The summed E-state index contributed by atoms with van der Waals surface area (Å²) in [5.74, 6) is 1.38. The van der Waals surface area contributed by atoms with E-state index in [0.29, 0.717) is 17.8 Å². The number of aromatic nitrogens is 4. The van der Waals surface area contributed by atoms with Gasteiger partial charge in [-0.25, -0.2) is 0 Å². The Kier molecular flexibility index (Phi) is 3.17. The van der Waals surface area contributed by atoms with E-state index in [1.807, 2.05) is 24.0 Å². The third kappa shape index (κ3) is 2.46. The van der Waals surface area contributed by atoms with Gasteiger partial charge in [0.15, 0.2) is 5.82 Å². The van der Waals surface area contributed by atoms with Gasteiger partial charge in [-0.3, -0.25) is 9.58 Å². The fourth-order valence-corrected chi connectivity index (χ4v) is 2.58. The molecule has 1 fully saturated rings. The van der Waals surface area contributed by atoms with Crippen LogP contribution in [0.4, 0.5) is 0 Å². The van der Waals surface area contributed by atoms with E-state index in [4.69, 9.17) is 4.52 Å². The quantitative estimate of drug-likeness (QED) is 0.865. The van der Waals surface area contributed by atoms with Gasteiger partial charge >= 0.3 is 0 Å². The highest BCUT2D eigenvalue weighted by Gasteiger charge is 2.25. The Morgan fingerprint density at radius 1 is 1.56 bits per heavy atom. The highest BCUT2D eigenvalue weighted by atomic mass is 79.9. The van der Waals surface area contributed by atoms with E-state index in [-0.39, 0.29) is 0 Å². The smallest absolute Gasteiger partial charge is 0.240 e. The van der Waals surface area contributed by atoms with Crippen LogP contribution in [0, 0.1) is 6.92 Å². The first-order chi connectivity index (χ1) is 8.70. The first kappa shape index (κ1) is 11.9. The summed E-state index contributed by atoms with van der Waals surface area (Å²) in [7, 11) is 0. The Bertz CT molecular complexity index is 537. The fourth-order valence-electron chi connectivity index (χ4n) is 2.28. The summed E-state index contributed by atoms with van der Waals surface area (Å²) in [6.45, 7) is 4.56. The van der Waals surface area contributed by atoms with Gasteiger partial charge in [0.1, 0.15) is 0 Å². The Morgan fingerprint density at radius 2 is 2.44 bits per heavy atom. The average Bonchev–Trinajstić information content (AvgIpc) is 3.01. The zero-order valence-corrected chi connectivity index (χ0v) is 11.7. The van der Waals surface area contributed by atoms with Crippen LogP contribution in [0.5, 0.6) is 0 Å². The molecule has 3 heterocycles. The Morgan fingerprint density at radius 3 is 3.11 bits per heavy atom. The van der Waals surface area contributed by atoms with Crippen LogP contribution in [0.25, 0.3) is 0 Å². The van der Waals surface area contributed by atoms with E-state index < -0.39 is 0 Å². The van der Waals surface area contributed by atoms with Crippen molar-refractivity contribution in [3.05, 3.63) is 28.6 Å². The summed E-state index contributed by atoms with van der Waals surface area (Å²) >= 11 is 3.42. The summed E-state index contributed by atoms with van der Waals surface area (Å²) < 4.78 is 8.18. The number of aryl methyl sites for hydroxylation is 1. The summed E-state index contributed by atoms with van der Waals surface area (Å²) in [6, 6.07) is 0.431. The van der Waals surface area contributed by atoms with Crippen molar-refractivity contribution in [3.8, 4) is 0 Å². The van der Waals surface area contributed by atoms with Gasteiger partial charge in [-0.2, -0.15) is 10.1 Å². The number of hydrogen-bond acceptors (Lipinski definition) is 5. The zero-order chi connectivity index (χ0) is 12.5. The predicted molar refractivity (Wildman–Crippen MR) is 67.9 cm³/mol. The molecule has 1 atom stereocenters. The molecule has 0 spiro atoms. The molecule has 1 unspecified atom stereocenters. The topological polar surface area (TPSA) is 60.0 Å². The zero-order valence-electron chi connectivity index (χ0n) is 10.1. The molecule has 3 rings (SSSR count). The van der Waals surface area contributed by atoms with E-state index >= 15 is 0 Å². The number of halogens is 1. The van der Waals surface area contributed by atoms with Crippen LogP contribution >= 0.6 is 15.9 Å². The number of nitrogens with zero attached hydrogens (tertiary/aromatic N) is 5. The van der Waals surface area contributed by atoms with Crippen molar-refractivity contribution in [2.75, 3.05) is 13.1 Å². The molecule has 0 saturated carbocycles. The van der Waals surface area contributed by atoms with Gasteiger partial charge in [-0.1, -0.05) is 5.16 Å². The normalized spacial score (nSPS) is 20.7. The maximum atomic E-state index is 5.14. The first-order valence-corrected chi connectivity index (χ1v) is 6.71. The Balaban J connectivity index is 1.61. The van der Waals surface area contributed by atoms with Crippen molar-refractivity contribution in [2.45, 2.75) is 25.9 Å². The average molecular weight is 312 g/mol. The van der Waals surface area contributed by atoms with Crippen molar-refractivity contribution in [1.29, 1.82) is 0 Å². The second kappa shape index (κ2) is 4.81. The van der Waals surface area contributed by atoms with Crippen LogP contribution < -0.4 is 0 Å². The van der Waals surface area contributed by atoms with E-state index in [1.54, 1.807) is 0 Å². The summed E-state index contributed by atoms with van der Waals surface area (Å²) in [4.78, 5) is 6.54. The minimum absolute atomic E-state index is 0.431. The lowest BCUT2D eigenvalue weighted by Gasteiger charge is -2.13. The lowest BCUT2D eigenvalue weighted by Crippen LogP contribution is -2.21. The molecular weight excluding hydrogens is 298 g/mol. The van der Waals surface area contributed by atoms with Crippen LogP contribution in [0.3, 0.4) is 0 Å². The minimum atomic E-state index is 0.431. The van der Waals surface area contributed by atoms with Crippen molar-refractivity contribution in [3.63, 3.8) is 0 Å². The molecule has 0 bridgehead atoms. The molecule has 2 aromatic heterocycles. The maximum absolute atomic E-state index is 5.14. The lowest BCUT2D eigenvalue weighted by molar-refractivity contribution is 0.258.